The Morgan fingerprint density at radius 2 is 1.79 bits per heavy atom. The van der Waals surface area contributed by atoms with Crippen LogP contribution in [0, 0.1) is 11.9 Å². The third kappa shape index (κ3) is 6.33. The highest BCUT2D eigenvalue weighted by atomic mass is 19.1. The number of hydrogen-bond donors (Lipinski definition) is 2. The number of carbonyl (C=O) groups is 1. The normalized spacial score (nSPS) is 11.1. The molecular weight excluding hydrogens is 245 g/mol. The van der Waals surface area contributed by atoms with Crippen LogP contribution in [-0.2, 0) is 11.2 Å². The molecule has 0 aromatic heterocycles. The maximum absolute atomic E-state index is 11.9. The van der Waals surface area contributed by atoms with Gasteiger partial charge in [0, 0.05) is 0 Å². The SMILES string of the molecule is Fc1cc[c]cc1.N[C@@H](Cc1ccccc1)C(=O)O. The number of benzene rings is 2. The molecule has 2 rings (SSSR count). The van der Waals surface area contributed by atoms with Gasteiger partial charge in [-0.15, -0.1) is 0 Å². The molecule has 1 radical (unpaired) electrons. The van der Waals surface area contributed by atoms with Crippen LogP contribution in [-0.4, -0.2) is 17.1 Å². The lowest BCUT2D eigenvalue weighted by Crippen LogP contribution is -2.32. The lowest BCUT2D eigenvalue weighted by Gasteiger charge is -2.04. The summed E-state index contributed by atoms with van der Waals surface area (Å²) in [6.45, 7) is 0. The number of carboxylic acids is 1. The summed E-state index contributed by atoms with van der Waals surface area (Å²) < 4.78 is 11.9. The summed E-state index contributed by atoms with van der Waals surface area (Å²) in [4.78, 5) is 10.4. The first kappa shape index (κ1) is 14.9. The molecule has 0 heterocycles. The van der Waals surface area contributed by atoms with E-state index in [1.54, 1.807) is 0 Å². The van der Waals surface area contributed by atoms with Crippen molar-refractivity contribution in [2.45, 2.75) is 12.5 Å². The molecule has 0 unspecified atom stereocenters. The fraction of sp³-hybridized carbons (Fsp3) is 0.133. The number of carboxylic acid groups (broad SMARTS) is 1. The quantitative estimate of drug-likeness (QED) is 0.889. The lowest BCUT2D eigenvalue weighted by molar-refractivity contribution is -0.138. The fourth-order valence-electron chi connectivity index (χ4n) is 1.32. The van der Waals surface area contributed by atoms with Gasteiger partial charge in [0.05, 0.1) is 0 Å². The average Bonchev–Trinajstić information content (AvgIpc) is 2.41. The van der Waals surface area contributed by atoms with E-state index >= 15 is 0 Å². The largest absolute Gasteiger partial charge is 0.480 e. The van der Waals surface area contributed by atoms with Gasteiger partial charge in [0.25, 0.3) is 0 Å². The van der Waals surface area contributed by atoms with Crippen molar-refractivity contribution >= 4 is 5.97 Å². The molecular formula is C15H15FNO2. The Morgan fingerprint density at radius 1 is 1.21 bits per heavy atom. The fourth-order valence-corrected chi connectivity index (χ4v) is 1.32. The summed E-state index contributed by atoms with van der Waals surface area (Å²) in [5, 5.41) is 8.52. The molecule has 3 nitrogen and oxygen atoms in total. The zero-order valence-corrected chi connectivity index (χ0v) is 10.3. The van der Waals surface area contributed by atoms with Crippen molar-refractivity contribution < 1.29 is 14.3 Å². The van der Waals surface area contributed by atoms with Crippen LogP contribution < -0.4 is 5.73 Å². The maximum Gasteiger partial charge on any atom is 0.320 e. The van der Waals surface area contributed by atoms with Crippen molar-refractivity contribution in [1.82, 2.24) is 0 Å². The van der Waals surface area contributed by atoms with E-state index in [1.807, 2.05) is 30.3 Å². The van der Waals surface area contributed by atoms with Crippen LogP contribution in [0.5, 0.6) is 0 Å². The minimum atomic E-state index is -0.959. The van der Waals surface area contributed by atoms with Crippen molar-refractivity contribution in [2.75, 3.05) is 0 Å². The van der Waals surface area contributed by atoms with E-state index in [2.05, 4.69) is 6.07 Å². The second-order valence-corrected chi connectivity index (χ2v) is 3.85. The first-order chi connectivity index (χ1) is 9.09. The summed E-state index contributed by atoms with van der Waals surface area (Å²) in [5.41, 5.74) is 6.30. The Hall–Kier alpha value is -2.20. The Labute approximate surface area is 111 Å². The van der Waals surface area contributed by atoms with E-state index in [1.165, 1.54) is 24.3 Å². The molecule has 2 aromatic rings. The highest BCUT2D eigenvalue weighted by molar-refractivity contribution is 5.73. The highest BCUT2D eigenvalue weighted by Crippen LogP contribution is 2.01. The van der Waals surface area contributed by atoms with Crippen molar-refractivity contribution in [2.24, 2.45) is 5.73 Å². The summed E-state index contributed by atoms with van der Waals surface area (Å²) in [5.74, 6) is -1.17. The molecule has 0 saturated heterocycles. The molecule has 0 saturated carbocycles. The van der Waals surface area contributed by atoms with Crippen molar-refractivity contribution in [3.63, 3.8) is 0 Å². The number of halogens is 1. The van der Waals surface area contributed by atoms with Gasteiger partial charge in [-0.05, 0) is 30.2 Å². The molecule has 0 aliphatic carbocycles. The molecule has 3 N–H and O–H groups in total. The van der Waals surface area contributed by atoms with Crippen LogP contribution in [0.2, 0.25) is 0 Å². The van der Waals surface area contributed by atoms with Crippen LogP contribution in [0.15, 0.2) is 54.6 Å². The standard InChI is InChI=1S/C9H11NO2.C6H4F/c10-8(9(11)12)6-7-4-2-1-3-5-7;7-6-4-2-1-3-5-6/h1-5,8H,6,10H2,(H,11,12);2-5H/t8-;/m0./s1. The lowest BCUT2D eigenvalue weighted by atomic mass is 10.1. The van der Waals surface area contributed by atoms with Gasteiger partial charge in [-0.3, -0.25) is 4.79 Å². The number of aliphatic carboxylic acids is 1. The third-order valence-electron chi connectivity index (χ3n) is 2.29. The van der Waals surface area contributed by atoms with Crippen molar-refractivity contribution in [1.29, 1.82) is 0 Å². The molecule has 0 aliphatic heterocycles. The van der Waals surface area contributed by atoms with Gasteiger partial charge in [0.15, 0.2) is 0 Å². The van der Waals surface area contributed by atoms with Gasteiger partial charge < -0.3 is 10.8 Å². The van der Waals surface area contributed by atoms with E-state index < -0.39 is 12.0 Å². The van der Waals surface area contributed by atoms with Crippen LogP contribution in [0.1, 0.15) is 5.56 Å². The summed E-state index contributed by atoms with van der Waals surface area (Å²) in [7, 11) is 0. The maximum atomic E-state index is 11.9. The van der Waals surface area contributed by atoms with Gasteiger partial charge in [-0.2, -0.15) is 0 Å². The van der Waals surface area contributed by atoms with Gasteiger partial charge in [0.2, 0.25) is 0 Å². The van der Waals surface area contributed by atoms with E-state index in [0.29, 0.717) is 6.42 Å². The average molecular weight is 260 g/mol. The van der Waals surface area contributed by atoms with Gasteiger partial charge in [-0.25, -0.2) is 4.39 Å². The van der Waals surface area contributed by atoms with E-state index in [-0.39, 0.29) is 5.82 Å². The molecule has 0 fully saturated rings. The van der Waals surface area contributed by atoms with Crippen molar-refractivity contribution in [3.05, 3.63) is 72.0 Å². The zero-order chi connectivity index (χ0) is 14.1. The summed E-state index contributed by atoms with van der Waals surface area (Å²) in [6.07, 6.45) is 0.385. The van der Waals surface area contributed by atoms with E-state index in [9.17, 15) is 9.18 Å². The summed E-state index contributed by atoms with van der Waals surface area (Å²) in [6, 6.07) is 17.0. The molecule has 4 heteroatoms. The predicted molar refractivity (Wildman–Crippen MR) is 71.0 cm³/mol. The Bertz CT molecular complexity index is 488. The monoisotopic (exact) mass is 260 g/mol. The number of rotatable bonds is 3. The molecule has 2 aromatic carbocycles. The molecule has 0 bridgehead atoms. The van der Waals surface area contributed by atoms with E-state index in [4.69, 9.17) is 10.8 Å². The van der Waals surface area contributed by atoms with Crippen LogP contribution >= 0.6 is 0 Å². The van der Waals surface area contributed by atoms with E-state index in [0.717, 1.165) is 5.56 Å². The van der Waals surface area contributed by atoms with Gasteiger partial charge in [-0.1, -0.05) is 42.5 Å². The first-order valence-corrected chi connectivity index (χ1v) is 5.73. The topological polar surface area (TPSA) is 63.3 Å². The molecule has 1 atom stereocenters. The van der Waals surface area contributed by atoms with Crippen LogP contribution in [0.25, 0.3) is 0 Å². The second-order valence-electron chi connectivity index (χ2n) is 3.85. The van der Waals surface area contributed by atoms with Crippen LogP contribution in [0.3, 0.4) is 0 Å². The Kier molecular flexibility index (Phi) is 6.26. The minimum absolute atomic E-state index is 0.209. The highest BCUT2D eigenvalue weighted by Gasteiger charge is 2.10. The number of hydrogen-bond acceptors (Lipinski definition) is 2. The zero-order valence-electron chi connectivity index (χ0n) is 10.3. The minimum Gasteiger partial charge on any atom is -0.480 e. The molecule has 19 heavy (non-hydrogen) atoms. The summed E-state index contributed by atoms with van der Waals surface area (Å²) >= 11 is 0. The second kappa shape index (κ2) is 8.00. The molecule has 0 amide bonds. The van der Waals surface area contributed by atoms with Gasteiger partial charge >= 0.3 is 5.97 Å². The molecule has 0 aliphatic rings. The molecule has 0 spiro atoms. The predicted octanol–water partition coefficient (Wildman–Crippen LogP) is 2.27. The third-order valence-corrected chi connectivity index (χ3v) is 2.29. The van der Waals surface area contributed by atoms with Crippen LogP contribution in [0.4, 0.5) is 4.39 Å². The van der Waals surface area contributed by atoms with Gasteiger partial charge in [0.1, 0.15) is 11.9 Å². The Balaban J connectivity index is 0.000000218. The number of nitrogens with two attached hydrogens (primary N) is 1. The molecule has 99 valence electrons. The van der Waals surface area contributed by atoms with Crippen molar-refractivity contribution in [3.8, 4) is 0 Å². The first-order valence-electron chi connectivity index (χ1n) is 5.73. The Morgan fingerprint density at radius 3 is 2.21 bits per heavy atom. The smallest absolute Gasteiger partial charge is 0.320 e.